The molecule has 1 aliphatic heterocycles. The summed E-state index contributed by atoms with van der Waals surface area (Å²) in [7, 11) is -2.52. The highest BCUT2D eigenvalue weighted by Crippen LogP contribution is 2.24. The molecule has 0 radical (unpaired) electrons. The average molecular weight is 399 g/mol. The zero-order valence-electron chi connectivity index (χ0n) is 16.5. The number of primary sulfonamides is 1. The topological polar surface area (TPSA) is 105 Å². The number of hydrogen-bond donors (Lipinski definition) is 2. The summed E-state index contributed by atoms with van der Waals surface area (Å²) < 4.78 is 28.4. The first-order chi connectivity index (χ1) is 12.6. The van der Waals surface area contributed by atoms with Gasteiger partial charge in [0.1, 0.15) is 10.6 Å². The molecule has 1 aromatic rings. The maximum absolute atomic E-state index is 12.4. The number of amides is 2. The Morgan fingerprint density at radius 2 is 1.89 bits per heavy atom. The lowest BCUT2D eigenvalue weighted by Gasteiger charge is -2.43. The second-order valence-electron chi connectivity index (χ2n) is 7.33. The lowest BCUT2D eigenvalue weighted by Crippen LogP contribution is -2.57. The first kappa shape index (κ1) is 21.5. The number of sulfonamides is 1. The van der Waals surface area contributed by atoms with Gasteiger partial charge in [-0.05, 0) is 38.0 Å². The van der Waals surface area contributed by atoms with Crippen molar-refractivity contribution < 1.29 is 17.9 Å². The molecule has 0 atom stereocenters. The Bertz CT molecular complexity index is 772. The minimum atomic E-state index is -3.90. The van der Waals surface area contributed by atoms with Crippen LogP contribution in [0.15, 0.2) is 23.1 Å². The van der Waals surface area contributed by atoms with Gasteiger partial charge >= 0.3 is 6.03 Å². The van der Waals surface area contributed by atoms with E-state index in [1.165, 1.54) is 19.2 Å². The third-order valence-electron chi connectivity index (χ3n) is 5.27. The van der Waals surface area contributed by atoms with Crippen LogP contribution in [0.5, 0.6) is 5.75 Å². The molecule has 8 nitrogen and oxygen atoms in total. The Morgan fingerprint density at radius 1 is 1.26 bits per heavy atom. The highest BCUT2D eigenvalue weighted by molar-refractivity contribution is 7.89. The van der Waals surface area contributed by atoms with Gasteiger partial charge in [-0.15, -0.1) is 0 Å². The summed E-state index contributed by atoms with van der Waals surface area (Å²) in [4.78, 5) is 16.5. The molecule has 1 aliphatic rings. The van der Waals surface area contributed by atoms with Gasteiger partial charge in [-0.3, -0.25) is 4.90 Å². The van der Waals surface area contributed by atoms with E-state index in [2.05, 4.69) is 31.0 Å². The molecular formula is C18H30N4O4S. The van der Waals surface area contributed by atoms with Crippen molar-refractivity contribution in [1.29, 1.82) is 0 Å². The van der Waals surface area contributed by atoms with Crippen LogP contribution in [0.25, 0.3) is 0 Å². The van der Waals surface area contributed by atoms with E-state index in [0.29, 0.717) is 18.7 Å². The number of carbonyl (C=O) groups is 1. The molecule has 1 aromatic carbocycles. The first-order valence-corrected chi connectivity index (χ1v) is 10.6. The number of nitrogens with one attached hydrogen (secondary N) is 1. The number of nitrogens with two attached hydrogens (primary N) is 1. The van der Waals surface area contributed by atoms with E-state index < -0.39 is 10.0 Å². The molecule has 2 amide bonds. The standard InChI is InChI=1S/C18H30N4O4S/c1-5-18(2,3)22-10-8-21(9-11-22)17(23)20-13-14-6-7-15(26-4)16(12-14)27(19,24)25/h6-7,12H,5,8-11,13H2,1-4H3,(H,20,23)(H2,19,24,25). The van der Waals surface area contributed by atoms with Crippen molar-refractivity contribution in [2.75, 3.05) is 33.3 Å². The largest absolute Gasteiger partial charge is 0.495 e. The van der Waals surface area contributed by atoms with E-state index in [4.69, 9.17) is 9.88 Å². The fraction of sp³-hybridized carbons (Fsp3) is 0.611. The monoisotopic (exact) mass is 398 g/mol. The Labute approximate surface area is 161 Å². The fourth-order valence-corrected chi connectivity index (χ4v) is 3.83. The van der Waals surface area contributed by atoms with Crippen LogP contribution >= 0.6 is 0 Å². The van der Waals surface area contributed by atoms with E-state index in [0.717, 1.165) is 19.5 Å². The van der Waals surface area contributed by atoms with Crippen molar-refractivity contribution >= 4 is 16.1 Å². The van der Waals surface area contributed by atoms with Crippen LogP contribution in [0.4, 0.5) is 4.79 Å². The van der Waals surface area contributed by atoms with Crippen LogP contribution in [-0.2, 0) is 16.6 Å². The number of ether oxygens (including phenoxy) is 1. The number of nitrogens with zero attached hydrogens (tertiary/aromatic N) is 2. The van der Waals surface area contributed by atoms with Crippen LogP contribution in [0.1, 0.15) is 32.8 Å². The maximum atomic E-state index is 12.4. The molecule has 0 aliphatic carbocycles. The minimum absolute atomic E-state index is 0.0906. The summed E-state index contributed by atoms with van der Waals surface area (Å²) in [5.74, 6) is 0.183. The van der Waals surface area contributed by atoms with Crippen LogP contribution in [-0.4, -0.2) is 63.1 Å². The van der Waals surface area contributed by atoms with Crippen LogP contribution in [0.2, 0.25) is 0 Å². The minimum Gasteiger partial charge on any atom is -0.495 e. The highest BCUT2D eigenvalue weighted by Gasteiger charge is 2.29. The van der Waals surface area contributed by atoms with Crippen LogP contribution in [0.3, 0.4) is 0 Å². The second kappa shape index (κ2) is 8.45. The fourth-order valence-electron chi connectivity index (χ4n) is 3.08. The van der Waals surface area contributed by atoms with Gasteiger partial charge in [-0.1, -0.05) is 13.0 Å². The summed E-state index contributed by atoms with van der Waals surface area (Å²) in [6, 6.07) is 4.51. The number of carbonyl (C=O) groups excluding carboxylic acids is 1. The van der Waals surface area contributed by atoms with E-state index in [1.54, 1.807) is 11.0 Å². The zero-order chi connectivity index (χ0) is 20.2. The predicted octanol–water partition coefficient (Wildman–Crippen LogP) is 1.36. The lowest BCUT2D eigenvalue weighted by atomic mass is 9.98. The summed E-state index contributed by atoms with van der Waals surface area (Å²) in [6.45, 7) is 9.83. The van der Waals surface area contributed by atoms with Crippen molar-refractivity contribution in [3.63, 3.8) is 0 Å². The smallest absolute Gasteiger partial charge is 0.317 e. The SMILES string of the molecule is CCC(C)(C)N1CCN(C(=O)NCc2ccc(OC)c(S(N)(=O)=O)c2)CC1. The van der Waals surface area contributed by atoms with E-state index in [9.17, 15) is 13.2 Å². The van der Waals surface area contributed by atoms with Gasteiger partial charge in [-0.25, -0.2) is 18.4 Å². The number of rotatable bonds is 6. The summed E-state index contributed by atoms with van der Waals surface area (Å²) in [6.07, 6.45) is 1.06. The molecule has 0 spiro atoms. The molecule has 3 N–H and O–H groups in total. The molecule has 2 rings (SSSR count). The normalized spacial score (nSPS) is 16.3. The average Bonchev–Trinajstić information content (AvgIpc) is 2.65. The highest BCUT2D eigenvalue weighted by atomic mass is 32.2. The third-order valence-corrected chi connectivity index (χ3v) is 6.20. The lowest BCUT2D eigenvalue weighted by molar-refractivity contribution is 0.0614. The van der Waals surface area contributed by atoms with Crippen molar-refractivity contribution in [3.8, 4) is 5.75 Å². The predicted molar refractivity (Wildman–Crippen MR) is 104 cm³/mol. The molecule has 0 saturated carbocycles. The molecule has 1 saturated heterocycles. The van der Waals surface area contributed by atoms with Crippen molar-refractivity contribution in [2.24, 2.45) is 5.14 Å². The second-order valence-corrected chi connectivity index (χ2v) is 8.86. The molecule has 9 heteroatoms. The summed E-state index contributed by atoms with van der Waals surface area (Å²) in [5, 5.41) is 8.07. The van der Waals surface area contributed by atoms with Gasteiger partial charge in [0.2, 0.25) is 10.0 Å². The Hall–Kier alpha value is -1.84. The maximum Gasteiger partial charge on any atom is 0.317 e. The molecule has 0 unspecified atom stereocenters. The van der Waals surface area contributed by atoms with Gasteiger partial charge in [0.05, 0.1) is 7.11 Å². The Kier molecular flexibility index (Phi) is 6.72. The number of hydrogen-bond acceptors (Lipinski definition) is 5. The van der Waals surface area contributed by atoms with E-state index >= 15 is 0 Å². The van der Waals surface area contributed by atoms with E-state index in [1.807, 2.05) is 0 Å². The molecule has 1 heterocycles. The number of benzene rings is 1. The molecule has 0 aromatic heterocycles. The Morgan fingerprint density at radius 3 is 2.41 bits per heavy atom. The molecule has 1 fully saturated rings. The number of piperazine rings is 1. The summed E-state index contributed by atoms with van der Waals surface area (Å²) >= 11 is 0. The van der Waals surface area contributed by atoms with Crippen LogP contribution < -0.4 is 15.2 Å². The number of urea groups is 1. The molecule has 152 valence electrons. The van der Waals surface area contributed by atoms with Gasteiger partial charge in [-0.2, -0.15) is 0 Å². The van der Waals surface area contributed by atoms with E-state index in [-0.39, 0.29) is 28.8 Å². The molecule has 27 heavy (non-hydrogen) atoms. The molecular weight excluding hydrogens is 368 g/mol. The van der Waals surface area contributed by atoms with Crippen LogP contribution in [0, 0.1) is 0 Å². The zero-order valence-corrected chi connectivity index (χ0v) is 17.3. The quantitative estimate of drug-likeness (QED) is 0.753. The van der Waals surface area contributed by atoms with Crippen molar-refractivity contribution in [3.05, 3.63) is 23.8 Å². The van der Waals surface area contributed by atoms with Crippen molar-refractivity contribution in [1.82, 2.24) is 15.1 Å². The third kappa shape index (κ3) is 5.33. The van der Waals surface area contributed by atoms with Gasteiger partial charge in [0, 0.05) is 38.3 Å². The van der Waals surface area contributed by atoms with Crippen molar-refractivity contribution in [2.45, 2.75) is 44.2 Å². The Balaban J connectivity index is 1.95. The first-order valence-electron chi connectivity index (χ1n) is 9.06. The summed E-state index contributed by atoms with van der Waals surface area (Å²) in [5.41, 5.74) is 0.773. The number of methoxy groups -OCH3 is 1. The van der Waals surface area contributed by atoms with Gasteiger partial charge < -0.3 is 15.0 Å². The van der Waals surface area contributed by atoms with Gasteiger partial charge in [0.25, 0.3) is 0 Å². The van der Waals surface area contributed by atoms with Gasteiger partial charge in [0.15, 0.2) is 0 Å². The molecule has 0 bridgehead atoms.